The van der Waals surface area contributed by atoms with Gasteiger partial charge in [-0.2, -0.15) is 0 Å². The van der Waals surface area contributed by atoms with Gasteiger partial charge >= 0.3 is 0 Å². The first-order chi connectivity index (χ1) is 14.4. The van der Waals surface area contributed by atoms with Crippen LogP contribution in [0.5, 0.6) is 0 Å². The first kappa shape index (κ1) is 20.5. The number of amides is 2. The van der Waals surface area contributed by atoms with Gasteiger partial charge in [0, 0.05) is 21.1 Å². The van der Waals surface area contributed by atoms with Crippen LogP contribution in [-0.2, 0) is 9.59 Å². The number of rotatable bonds is 3. The van der Waals surface area contributed by atoms with Gasteiger partial charge < -0.3 is 4.57 Å². The first-order valence-electron chi connectivity index (χ1n) is 9.28. The Hall–Kier alpha value is -2.78. The smallest absolute Gasteiger partial charge is 0.270 e. The molecule has 0 unspecified atom stereocenters. The predicted molar refractivity (Wildman–Crippen MR) is 131 cm³/mol. The summed E-state index contributed by atoms with van der Waals surface area (Å²) in [7, 11) is 0. The number of carbonyl (C=O) groups is 2. The Labute approximate surface area is 193 Å². The van der Waals surface area contributed by atoms with Crippen molar-refractivity contribution >= 4 is 63.5 Å². The minimum absolute atomic E-state index is 0.0370. The highest BCUT2D eigenvalue weighted by Gasteiger charge is 2.35. The van der Waals surface area contributed by atoms with Crippen LogP contribution in [0.1, 0.15) is 16.8 Å². The van der Waals surface area contributed by atoms with Crippen LogP contribution >= 0.6 is 34.8 Å². The van der Waals surface area contributed by atoms with E-state index in [1.807, 2.05) is 79.2 Å². The molecule has 1 aromatic heterocycles. The summed E-state index contributed by atoms with van der Waals surface area (Å²) in [6.45, 7) is 3.90. The number of nitrogens with zero attached hydrogens (tertiary/aromatic N) is 2. The van der Waals surface area contributed by atoms with E-state index in [-0.39, 0.29) is 10.7 Å². The third-order valence-corrected chi connectivity index (χ3v) is 6.10. The average Bonchev–Trinajstić information content (AvgIpc) is 3.17. The lowest BCUT2D eigenvalue weighted by Crippen LogP contribution is -2.54. The largest absolute Gasteiger partial charge is 0.317 e. The topological polar surface area (TPSA) is 54.3 Å². The molecule has 4 rings (SSSR count). The van der Waals surface area contributed by atoms with Gasteiger partial charge in [-0.25, -0.2) is 0 Å². The Morgan fingerprint density at radius 1 is 1.00 bits per heavy atom. The molecule has 150 valence electrons. The molecule has 2 amide bonds. The number of hydrogen-bond acceptors (Lipinski definition) is 3. The Kier molecular flexibility index (Phi) is 5.57. The Morgan fingerprint density at radius 2 is 1.73 bits per heavy atom. The molecule has 1 aliphatic rings. The maximum absolute atomic E-state index is 13.3. The molecule has 3 aromatic rings. The summed E-state index contributed by atoms with van der Waals surface area (Å²) < 4.78 is 3.06. The van der Waals surface area contributed by atoms with E-state index in [1.54, 1.807) is 6.08 Å². The molecule has 2 heterocycles. The summed E-state index contributed by atoms with van der Waals surface area (Å²) in [6, 6.07) is 17.4. The van der Waals surface area contributed by atoms with Crippen LogP contribution < -0.4 is 10.2 Å². The molecule has 0 saturated carbocycles. The van der Waals surface area contributed by atoms with E-state index in [0.717, 1.165) is 26.1 Å². The molecule has 1 aliphatic heterocycles. The lowest BCUT2D eigenvalue weighted by molar-refractivity contribution is -0.122. The summed E-state index contributed by atoms with van der Waals surface area (Å²) >= 11 is 7.57. The van der Waals surface area contributed by atoms with Gasteiger partial charge in [0.1, 0.15) is 5.57 Å². The number of aryl methyl sites for hydroxylation is 1. The van der Waals surface area contributed by atoms with E-state index >= 15 is 0 Å². The van der Waals surface area contributed by atoms with Gasteiger partial charge in [-0.15, -0.1) is 0 Å². The maximum atomic E-state index is 13.3. The van der Waals surface area contributed by atoms with Crippen molar-refractivity contribution in [3.8, 4) is 5.69 Å². The molecular weight excluding hydrogens is 509 g/mol. The van der Waals surface area contributed by atoms with Crippen molar-refractivity contribution < 1.29 is 9.59 Å². The number of hydrogen-bond donors (Lipinski definition) is 1. The van der Waals surface area contributed by atoms with Crippen LogP contribution in [0.15, 0.2) is 66.4 Å². The highest BCUT2D eigenvalue weighted by molar-refractivity contribution is 14.1. The molecule has 0 atom stereocenters. The zero-order valence-corrected chi connectivity index (χ0v) is 19.3. The van der Waals surface area contributed by atoms with Crippen molar-refractivity contribution in [2.45, 2.75) is 13.8 Å². The van der Waals surface area contributed by atoms with Crippen molar-refractivity contribution in [3.05, 3.63) is 86.8 Å². The summed E-state index contributed by atoms with van der Waals surface area (Å²) in [4.78, 5) is 27.4. The molecule has 0 radical (unpaired) electrons. The lowest BCUT2D eigenvalue weighted by Gasteiger charge is -2.30. The van der Waals surface area contributed by atoms with Gasteiger partial charge in [0.25, 0.3) is 11.8 Å². The predicted octanol–water partition coefficient (Wildman–Crippen LogP) is 4.53. The summed E-state index contributed by atoms with van der Waals surface area (Å²) in [5.41, 5.74) is 4.35. The molecule has 2 aromatic carbocycles. The van der Waals surface area contributed by atoms with Crippen LogP contribution in [0.4, 0.5) is 5.69 Å². The minimum atomic E-state index is -0.498. The van der Waals surface area contributed by atoms with Gasteiger partial charge in [0.05, 0.1) is 5.69 Å². The molecule has 1 saturated heterocycles. The van der Waals surface area contributed by atoms with Crippen LogP contribution in [0.2, 0.25) is 0 Å². The molecule has 1 fully saturated rings. The molecule has 30 heavy (non-hydrogen) atoms. The van der Waals surface area contributed by atoms with Gasteiger partial charge in [-0.1, -0.05) is 12.1 Å². The Balaban J connectivity index is 1.77. The van der Waals surface area contributed by atoms with E-state index in [9.17, 15) is 9.59 Å². The second kappa shape index (κ2) is 8.16. The van der Waals surface area contributed by atoms with Crippen molar-refractivity contribution in [1.82, 2.24) is 9.88 Å². The third-order valence-electron chi connectivity index (χ3n) is 5.10. The monoisotopic (exact) mass is 527 g/mol. The van der Waals surface area contributed by atoms with Gasteiger partial charge in [-0.3, -0.25) is 19.8 Å². The van der Waals surface area contributed by atoms with Crippen molar-refractivity contribution in [2.24, 2.45) is 0 Å². The van der Waals surface area contributed by atoms with E-state index in [2.05, 4.69) is 27.9 Å². The molecule has 0 spiro atoms. The van der Waals surface area contributed by atoms with E-state index in [1.165, 1.54) is 4.90 Å². The van der Waals surface area contributed by atoms with Crippen LogP contribution in [0, 0.1) is 17.4 Å². The first-order valence-corrected chi connectivity index (χ1v) is 10.8. The number of anilines is 1. The SMILES string of the molecule is Cc1cccc(N2C(=O)/C(=C/c3cccn3-c3ccc(I)cc3)C(=O)NC2=S)c1C. The standard InChI is InChI=1S/C23H18IN3O2S/c1-14-5-3-7-20(15(14)2)27-22(29)19(21(28)25-23(27)30)13-18-6-4-12-26(18)17-10-8-16(24)9-11-17/h3-13H,1-2H3,(H,25,28,30)/b19-13+. The fourth-order valence-corrected chi connectivity index (χ4v) is 3.98. The molecular formula is C23H18IN3O2S. The van der Waals surface area contributed by atoms with E-state index in [0.29, 0.717) is 5.69 Å². The van der Waals surface area contributed by atoms with Crippen LogP contribution in [0.3, 0.4) is 0 Å². The average molecular weight is 527 g/mol. The summed E-state index contributed by atoms with van der Waals surface area (Å²) in [5, 5.41) is 2.74. The molecule has 1 N–H and O–H groups in total. The van der Waals surface area contributed by atoms with Gasteiger partial charge in [0.2, 0.25) is 0 Å². The van der Waals surface area contributed by atoms with Crippen LogP contribution in [-0.4, -0.2) is 21.5 Å². The summed E-state index contributed by atoms with van der Waals surface area (Å²) in [6.07, 6.45) is 3.50. The number of nitrogens with one attached hydrogen (secondary N) is 1. The number of benzene rings is 2. The normalized spacial score (nSPS) is 15.6. The quantitative estimate of drug-likeness (QED) is 0.236. The van der Waals surface area contributed by atoms with E-state index < -0.39 is 11.8 Å². The second-order valence-electron chi connectivity index (χ2n) is 6.96. The maximum Gasteiger partial charge on any atom is 0.270 e. The van der Waals surface area contributed by atoms with Crippen LogP contribution in [0.25, 0.3) is 11.8 Å². The molecule has 7 heteroatoms. The Bertz CT molecular complexity index is 1210. The third kappa shape index (κ3) is 3.70. The minimum Gasteiger partial charge on any atom is -0.317 e. The number of carbonyl (C=O) groups excluding carboxylic acids is 2. The van der Waals surface area contributed by atoms with Crippen molar-refractivity contribution in [2.75, 3.05) is 4.90 Å². The number of aromatic nitrogens is 1. The molecule has 0 bridgehead atoms. The second-order valence-corrected chi connectivity index (χ2v) is 8.59. The fourth-order valence-electron chi connectivity index (χ4n) is 3.35. The highest BCUT2D eigenvalue weighted by atomic mass is 127. The number of thiocarbonyl (C=S) groups is 1. The number of halogens is 1. The molecule has 5 nitrogen and oxygen atoms in total. The van der Waals surface area contributed by atoms with E-state index in [4.69, 9.17) is 12.2 Å². The van der Waals surface area contributed by atoms with Crippen molar-refractivity contribution in [1.29, 1.82) is 0 Å². The Morgan fingerprint density at radius 3 is 2.47 bits per heavy atom. The van der Waals surface area contributed by atoms with Gasteiger partial charge in [0.15, 0.2) is 5.11 Å². The molecule has 0 aliphatic carbocycles. The fraction of sp³-hybridized carbons (Fsp3) is 0.0870. The van der Waals surface area contributed by atoms with Crippen molar-refractivity contribution in [3.63, 3.8) is 0 Å². The zero-order valence-electron chi connectivity index (χ0n) is 16.3. The zero-order chi connectivity index (χ0) is 21.4. The lowest BCUT2D eigenvalue weighted by atomic mass is 10.0. The summed E-state index contributed by atoms with van der Waals surface area (Å²) in [5.74, 6) is -0.935. The highest BCUT2D eigenvalue weighted by Crippen LogP contribution is 2.27. The van der Waals surface area contributed by atoms with Gasteiger partial charge in [-0.05, 0) is 108 Å².